The van der Waals surface area contributed by atoms with Crippen LogP contribution in [0.25, 0.3) is 11.3 Å². The molecule has 3 nitrogen and oxygen atoms in total. The zero-order valence-electron chi connectivity index (χ0n) is 15.7. The Labute approximate surface area is 162 Å². The summed E-state index contributed by atoms with van der Waals surface area (Å²) >= 11 is 0. The highest BCUT2D eigenvalue weighted by Gasteiger charge is 2.18. The van der Waals surface area contributed by atoms with E-state index in [-0.39, 0.29) is 0 Å². The van der Waals surface area contributed by atoms with Crippen molar-refractivity contribution in [3.05, 3.63) is 90.1 Å². The first-order valence-electron chi connectivity index (χ1n) is 9.87. The summed E-state index contributed by atoms with van der Waals surface area (Å²) in [6.07, 6.45) is 4.28. The van der Waals surface area contributed by atoms with E-state index in [1.807, 2.05) is 18.3 Å². The molecule has 1 aromatic heterocycles. The lowest BCUT2D eigenvalue weighted by atomic mass is 10.0. The molecule has 4 rings (SSSR count). The molecule has 0 saturated carbocycles. The van der Waals surface area contributed by atoms with Gasteiger partial charge in [-0.15, -0.1) is 0 Å². The fraction of sp³-hybridized carbons (Fsp3) is 0.292. The Morgan fingerprint density at radius 2 is 1.56 bits per heavy atom. The maximum Gasteiger partial charge on any atom is 0.0701 e. The minimum atomic E-state index is 0.618. The van der Waals surface area contributed by atoms with E-state index in [0.717, 1.165) is 18.8 Å². The van der Waals surface area contributed by atoms with Crippen molar-refractivity contribution in [1.29, 1.82) is 0 Å². The summed E-state index contributed by atoms with van der Waals surface area (Å²) in [5.41, 5.74) is 4.95. The number of nitrogens with zero attached hydrogens (tertiary/aromatic N) is 2. The third kappa shape index (κ3) is 5.03. The average molecular weight is 358 g/mol. The molecule has 0 bridgehead atoms. The summed E-state index contributed by atoms with van der Waals surface area (Å²) in [6.45, 7) is 4.35. The van der Waals surface area contributed by atoms with Crippen LogP contribution in [0.4, 0.5) is 0 Å². The third-order valence-corrected chi connectivity index (χ3v) is 5.35. The van der Waals surface area contributed by atoms with Gasteiger partial charge < -0.3 is 5.32 Å². The standard InChI is InChI=1S/C24H27N3/c1-2-6-21(7-3-1)19-27-16-13-23(14-17-27)26-18-20-9-11-22(12-10-20)24-8-4-5-15-25-24/h1-12,15,23,26H,13-14,16-19H2. The number of piperidine rings is 1. The van der Waals surface area contributed by atoms with E-state index in [1.54, 1.807) is 0 Å². The summed E-state index contributed by atoms with van der Waals surface area (Å²) in [5.74, 6) is 0. The highest BCUT2D eigenvalue weighted by atomic mass is 15.1. The number of aromatic nitrogens is 1. The Balaban J connectivity index is 1.23. The number of benzene rings is 2. The van der Waals surface area contributed by atoms with Gasteiger partial charge in [0, 0.05) is 30.9 Å². The smallest absolute Gasteiger partial charge is 0.0701 e. The number of hydrogen-bond donors (Lipinski definition) is 1. The molecule has 0 aliphatic carbocycles. The summed E-state index contributed by atoms with van der Waals surface area (Å²) in [6, 6.07) is 26.2. The van der Waals surface area contributed by atoms with Gasteiger partial charge in [0.1, 0.15) is 0 Å². The number of rotatable bonds is 6. The number of nitrogens with one attached hydrogen (secondary N) is 1. The third-order valence-electron chi connectivity index (χ3n) is 5.35. The van der Waals surface area contributed by atoms with Gasteiger partial charge in [-0.25, -0.2) is 0 Å². The maximum absolute atomic E-state index is 4.41. The molecule has 1 saturated heterocycles. The van der Waals surface area contributed by atoms with E-state index in [2.05, 4.69) is 75.9 Å². The van der Waals surface area contributed by atoms with Gasteiger partial charge in [0.15, 0.2) is 0 Å². The van der Waals surface area contributed by atoms with Crippen LogP contribution in [0.2, 0.25) is 0 Å². The molecule has 2 aromatic carbocycles. The molecule has 0 unspecified atom stereocenters. The molecule has 1 N–H and O–H groups in total. The van der Waals surface area contributed by atoms with Crippen molar-refractivity contribution >= 4 is 0 Å². The number of likely N-dealkylation sites (tertiary alicyclic amines) is 1. The molecule has 3 aromatic rings. The minimum absolute atomic E-state index is 0.618. The molecular formula is C24H27N3. The Hall–Kier alpha value is -2.49. The Bertz CT molecular complexity index is 807. The summed E-state index contributed by atoms with van der Waals surface area (Å²) in [4.78, 5) is 6.98. The lowest BCUT2D eigenvalue weighted by Crippen LogP contribution is -2.41. The summed E-state index contributed by atoms with van der Waals surface area (Å²) in [7, 11) is 0. The van der Waals surface area contributed by atoms with Crippen LogP contribution in [0.5, 0.6) is 0 Å². The zero-order valence-corrected chi connectivity index (χ0v) is 15.7. The molecule has 27 heavy (non-hydrogen) atoms. The van der Waals surface area contributed by atoms with Crippen molar-refractivity contribution in [2.45, 2.75) is 32.0 Å². The second kappa shape index (κ2) is 8.94. The predicted molar refractivity (Wildman–Crippen MR) is 111 cm³/mol. The summed E-state index contributed by atoms with van der Waals surface area (Å²) < 4.78 is 0. The van der Waals surface area contributed by atoms with Crippen molar-refractivity contribution in [3.8, 4) is 11.3 Å². The molecular weight excluding hydrogens is 330 g/mol. The minimum Gasteiger partial charge on any atom is -0.310 e. The highest BCUT2D eigenvalue weighted by molar-refractivity contribution is 5.58. The number of hydrogen-bond acceptors (Lipinski definition) is 3. The Kier molecular flexibility index (Phi) is 5.92. The first kappa shape index (κ1) is 17.9. The van der Waals surface area contributed by atoms with E-state index >= 15 is 0 Å². The van der Waals surface area contributed by atoms with Crippen LogP contribution in [0.15, 0.2) is 79.0 Å². The lowest BCUT2D eigenvalue weighted by Gasteiger charge is -2.32. The van der Waals surface area contributed by atoms with Gasteiger partial charge in [-0.3, -0.25) is 9.88 Å². The topological polar surface area (TPSA) is 28.2 Å². The van der Waals surface area contributed by atoms with E-state index in [1.165, 1.54) is 42.6 Å². The highest BCUT2D eigenvalue weighted by Crippen LogP contribution is 2.18. The van der Waals surface area contributed by atoms with Crippen LogP contribution in [0.1, 0.15) is 24.0 Å². The quantitative estimate of drug-likeness (QED) is 0.704. The van der Waals surface area contributed by atoms with E-state index in [0.29, 0.717) is 6.04 Å². The molecule has 0 spiro atoms. The van der Waals surface area contributed by atoms with E-state index in [9.17, 15) is 0 Å². The van der Waals surface area contributed by atoms with Gasteiger partial charge in [0.05, 0.1) is 5.69 Å². The molecule has 0 atom stereocenters. The second-order valence-corrected chi connectivity index (χ2v) is 7.33. The fourth-order valence-corrected chi connectivity index (χ4v) is 3.73. The van der Waals surface area contributed by atoms with Gasteiger partial charge in [0.2, 0.25) is 0 Å². The molecule has 1 fully saturated rings. The largest absolute Gasteiger partial charge is 0.310 e. The van der Waals surface area contributed by atoms with Crippen molar-refractivity contribution in [2.24, 2.45) is 0 Å². The lowest BCUT2D eigenvalue weighted by molar-refractivity contribution is 0.190. The van der Waals surface area contributed by atoms with Gasteiger partial charge in [-0.2, -0.15) is 0 Å². The Morgan fingerprint density at radius 3 is 2.26 bits per heavy atom. The fourth-order valence-electron chi connectivity index (χ4n) is 3.73. The van der Waals surface area contributed by atoms with Crippen LogP contribution in [-0.4, -0.2) is 29.0 Å². The Morgan fingerprint density at radius 1 is 0.815 bits per heavy atom. The van der Waals surface area contributed by atoms with Gasteiger partial charge >= 0.3 is 0 Å². The monoisotopic (exact) mass is 357 g/mol. The zero-order chi connectivity index (χ0) is 18.3. The van der Waals surface area contributed by atoms with Crippen LogP contribution >= 0.6 is 0 Å². The first-order chi connectivity index (χ1) is 13.4. The molecule has 1 aliphatic rings. The second-order valence-electron chi connectivity index (χ2n) is 7.33. The maximum atomic E-state index is 4.41. The first-order valence-corrected chi connectivity index (χ1v) is 9.87. The van der Waals surface area contributed by atoms with Gasteiger partial charge in [-0.05, 0) is 49.2 Å². The molecule has 138 valence electrons. The molecule has 2 heterocycles. The molecule has 0 radical (unpaired) electrons. The van der Waals surface area contributed by atoms with Crippen molar-refractivity contribution in [2.75, 3.05) is 13.1 Å². The average Bonchev–Trinajstić information content (AvgIpc) is 2.75. The van der Waals surface area contributed by atoms with Gasteiger partial charge in [0.25, 0.3) is 0 Å². The molecule has 3 heteroatoms. The number of pyridine rings is 1. The van der Waals surface area contributed by atoms with Crippen molar-refractivity contribution in [1.82, 2.24) is 15.2 Å². The van der Waals surface area contributed by atoms with Crippen LogP contribution in [0, 0.1) is 0 Å². The van der Waals surface area contributed by atoms with Crippen LogP contribution in [0.3, 0.4) is 0 Å². The van der Waals surface area contributed by atoms with Crippen molar-refractivity contribution in [3.63, 3.8) is 0 Å². The molecule has 1 aliphatic heterocycles. The molecule has 0 amide bonds. The van der Waals surface area contributed by atoms with Crippen LogP contribution < -0.4 is 5.32 Å². The van der Waals surface area contributed by atoms with Crippen LogP contribution in [-0.2, 0) is 13.1 Å². The van der Waals surface area contributed by atoms with E-state index in [4.69, 9.17) is 0 Å². The normalized spacial score (nSPS) is 15.7. The van der Waals surface area contributed by atoms with Gasteiger partial charge in [-0.1, -0.05) is 60.7 Å². The SMILES string of the molecule is c1ccc(CN2CCC(NCc3ccc(-c4ccccn4)cc3)CC2)cc1. The summed E-state index contributed by atoms with van der Waals surface area (Å²) in [5, 5.41) is 3.74. The van der Waals surface area contributed by atoms with Crippen molar-refractivity contribution < 1.29 is 0 Å². The van der Waals surface area contributed by atoms with E-state index < -0.39 is 0 Å². The predicted octanol–water partition coefficient (Wildman–Crippen LogP) is 4.50.